The molecule has 0 aliphatic heterocycles. The standard InChI is InChI=1S/C19H26O3/c1-22-18-13-12-16(19(21)14-18)11-10-15-6-2-4-8-17(20)9-5-3-7-15/h4,8,12-15,21H,2-3,5-7,9-11H2,1H3. The quantitative estimate of drug-likeness (QED) is 0.895. The first-order chi connectivity index (χ1) is 10.7. The molecule has 0 saturated carbocycles. The zero-order valence-electron chi connectivity index (χ0n) is 13.4. The molecule has 1 unspecified atom stereocenters. The number of phenols is 1. The number of allylic oxidation sites excluding steroid dienone is 2. The number of ketones is 1. The third kappa shape index (κ3) is 5.21. The minimum Gasteiger partial charge on any atom is -0.508 e. The van der Waals surface area contributed by atoms with E-state index in [1.54, 1.807) is 19.3 Å². The number of methoxy groups -OCH3 is 1. The summed E-state index contributed by atoms with van der Waals surface area (Å²) < 4.78 is 5.11. The van der Waals surface area contributed by atoms with Crippen LogP contribution in [0.3, 0.4) is 0 Å². The maximum Gasteiger partial charge on any atom is 0.155 e. The monoisotopic (exact) mass is 302 g/mol. The molecular weight excluding hydrogens is 276 g/mol. The van der Waals surface area contributed by atoms with Crippen LogP contribution in [0.2, 0.25) is 0 Å². The van der Waals surface area contributed by atoms with Gasteiger partial charge in [-0.1, -0.05) is 25.0 Å². The maximum absolute atomic E-state index is 11.5. The van der Waals surface area contributed by atoms with Gasteiger partial charge in [0.1, 0.15) is 11.5 Å². The lowest BCUT2D eigenvalue weighted by atomic mass is 9.89. The molecule has 1 aromatic rings. The minimum atomic E-state index is 0.265. The topological polar surface area (TPSA) is 46.5 Å². The van der Waals surface area contributed by atoms with Crippen molar-refractivity contribution in [1.29, 1.82) is 0 Å². The van der Waals surface area contributed by atoms with Gasteiger partial charge in [-0.25, -0.2) is 0 Å². The number of carbonyl (C=O) groups excluding carboxylic acids is 1. The van der Waals surface area contributed by atoms with Gasteiger partial charge in [-0.3, -0.25) is 4.79 Å². The Labute approximate surface area is 133 Å². The third-order valence-corrected chi connectivity index (χ3v) is 4.45. The van der Waals surface area contributed by atoms with E-state index in [0.717, 1.165) is 44.1 Å². The molecule has 1 N–H and O–H groups in total. The van der Waals surface area contributed by atoms with Crippen LogP contribution in [-0.2, 0) is 11.2 Å². The molecule has 0 amide bonds. The van der Waals surface area contributed by atoms with Crippen LogP contribution in [0.1, 0.15) is 50.5 Å². The summed E-state index contributed by atoms with van der Waals surface area (Å²) in [4.78, 5) is 11.5. The van der Waals surface area contributed by atoms with Crippen LogP contribution in [0, 0.1) is 5.92 Å². The second-order valence-electron chi connectivity index (χ2n) is 6.09. The normalized spacial score (nSPS) is 19.9. The summed E-state index contributed by atoms with van der Waals surface area (Å²) in [5, 5.41) is 10.0. The van der Waals surface area contributed by atoms with E-state index in [1.165, 1.54) is 6.42 Å². The Bertz CT molecular complexity index is 519. The molecule has 1 atom stereocenters. The predicted octanol–water partition coefficient (Wildman–Crippen LogP) is 4.43. The zero-order valence-corrected chi connectivity index (χ0v) is 13.4. The van der Waals surface area contributed by atoms with Gasteiger partial charge in [0.25, 0.3) is 0 Å². The third-order valence-electron chi connectivity index (χ3n) is 4.45. The van der Waals surface area contributed by atoms with Crippen molar-refractivity contribution < 1.29 is 14.6 Å². The van der Waals surface area contributed by atoms with E-state index in [-0.39, 0.29) is 5.78 Å². The first kappa shape index (κ1) is 16.6. The van der Waals surface area contributed by atoms with E-state index in [2.05, 4.69) is 0 Å². The minimum absolute atomic E-state index is 0.265. The molecule has 1 aliphatic carbocycles. The fourth-order valence-electron chi connectivity index (χ4n) is 3.04. The van der Waals surface area contributed by atoms with Gasteiger partial charge in [0.2, 0.25) is 0 Å². The van der Waals surface area contributed by atoms with Crippen LogP contribution in [0.25, 0.3) is 0 Å². The average Bonchev–Trinajstić information content (AvgIpc) is 2.53. The maximum atomic E-state index is 11.5. The molecule has 1 aliphatic rings. The number of ether oxygens (including phenoxy) is 1. The lowest BCUT2D eigenvalue weighted by Crippen LogP contribution is -2.05. The van der Waals surface area contributed by atoms with Crippen LogP contribution in [-0.4, -0.2) is 18.0 Å². The second kappa shape index (κ2) is 8.62. The first-order valence-electron chi connectivity index (χ1n) is 8.24. The molecule has 0 fully saturated rings. The molecule has 0 bridgehead atoms. The molecule has 0 heterocycles. The highest BCUT2D eigenvalue weighted by Gasteiger charge is 2.12. The van der Waals surface area contributed by atoms with Crippen molar-refractivity contribution in [3.63, 3.8) is 0 Å². The Morgan fingerprint density at radius 2 is 2.14 bits per heavy atom. The van der Waals surface area contributed by atoms with Crippen LogP contribution in [0.4, 0.5) is 0 Å². The molecule has 3 nitrogen and oxygen atoms in total. The average molecular weight is 302 g/mol. The van der Waals surface area contributed by atoms with E-state index in [4.69, 9.17) is 4.74 Å². The first-order valence-corrected chi connectivity index (χ1v) is 8.24. The van der Waals surface area contributed by atoms with Crippen molar-refractivity contribution in [2.45, 2.75) is 51.4 Å². The molecule has 120 valence electrons. The number of rotatable bonds is 4. The molecule has 0 saturated heterocycles. The van der Waals surface area contributed by atoms with Gasteiger partial charge in [0.05, 0.1) is 7.11 Å². The number of carbonyl (C=O) groups is 1. The van der Waals surface area contributed by atoms with Crippen LogP contribution in [0.5, 0.6) is 11.5 Å². The van der Waals surface area contributed by atoms with Gasteiger partial charge in [0.15, 0.2) is 5.78 Å². The van der Waals surface area contributed by atoms with Crippen molar-refractivity contribution in [2.24, 2.45) is 5.92 Å². The molecule has 0 aromatic heterocycles. The molecule has 0 radical (unpaired) electrons. The summed E-state index contributed by atoms with van der Waals surface area (Å²) in [6, 6.07) is 5.53. The van der Waals surface area contributed by atoms with E-state index in [0.29, 0.717) is 23.8 Å². The van der Waals surface area contributed by atoms with E-state index < -0.39 is 0 Å². The number of phenolic OH excluding ortho intramolecular Hbond substituents is 1. The Kier molecular flexibility index (Phi) is 6.50. The second-order valence-corrected chi connectivity index (χ2v) is 6.09. The lowest BCUT2D eigenvalue weighted by molar-refractivity contribution is -0.114. The van der Waals surface area contributed by atoms with Gasteiger partial charge in [-0.15, -0.1) is 0 Å². The van der Waals surface area contributed by atoms with Gasteiger partial charge >= 0.3 is 0 Å². The van der Waals surface area contributed by atoms with Crippen LogP contribution >= 0.6 is 0 Å². The molecule has 1 aromatic carbocycles. The van der Waals surface area contributed by atoms with Crippen LogP contribution in [0.15, 0.2) is 30.4 Å². The van der Waals surface area contributed by atoms with Crippen molar-refractivity contribution in [3.8, 4) is 11.5 Å². The molecular formula is C19H26O3. The number of hydrogen-bond acceptors (Lipinski definition) is 3. The summed E-state index contributed by atoms with van der Waals surface area (Å²) in [6.07, 6.45) is 11.8. The Hall–Kier alpha value is -1.77. The Morgan fingerprint density at radius 1 is 1.27 bits per heavy atom. The number of benzene rings is 1. The Balaban J connectivity index is 1.89. The van der Waals surface area contributed by atoms with Crippen molar-refractivity contribution in [3.05, 3.63) is 35.9 Å². The Morgan fingerprint density at radius 3 is 2.91 bits per heavy atom. The highest BCUT2D eigenvalue weighted by atomic mass is 16.5. The number of aromatic hydroxyl groups is 1. The van der Waals surface area contributed by atoms with Crippen molar-refractivity contribution in [2.75, 3.05) is 7.11 Å². The molecule has 0 spiro atoms. The zero-order chi connectivity index (χ0) is 15.8. The van der Waals surface area contributed by atoms with E-state index >= 15 is 0 Å². The summed E-state index contributed by atoms with van der Waals surface area (Å²) in [5.74, 6) is 1.94. The summed E-state index contributed by atoms with van der Waals surface area (Å²) in [5.41, 5.74) is 0.989. The number of hydrogen-bond donors (Lipinski definition) is 1. The summed E-state index contributed by atoms with van der Waals surface area (Å²) >= 11 is 0. The fourth-order valence-corrected chi connectivity index (χ4v) is 3.04. The SMILES string of the molecule is COc1ccc(CCC2CCC=CC(=O)CCCC2)c(O)c1. The summed E-state index contributed by atoms with van der Waals surface area (Å²) in [6.45, 7) is 0. The largest absolute Gasteiger partial charge is 0.508 e. The molecule has 2 rings (SSSR count). The van der Waals surface area contributed by atoms with Crippen molar-refractivity contribution >= 4 is 5.78 Å². The molecule has 22 heavy (non-hydrogen) atoms. The smallest absolute Gasteiger partial charge is 0.155 e. The van der Waals surface area contributed by atoms with Gasteiger partial charge in [0, 0.05) is 12.5 Å². The van der Waals surface area contributed by atoms with E-state index in [1.807, 2.05) is 18.2 Å². The molecule has 3 heteroatoms. The number of aryl methyl sites for hydroxylation is 1. The van der Waals surface area contributed by atoms with Crippen molar-refractivity contribution in [1.82, 2.24) is 0 Å². The lowest BCUT2D eigenvalue weighted by Gasteiger charge is -2.17. The predicted molar refractivity (Wildman–Crippen MR) is 88.3 cm³/mol. The van der Waals surface area contributed by atoms with Gasteiger partial charge < -0.3 is 9.84 Å². The van der Waals surface area contributed by atoms with Crippen LogP contribution < -0.4 is 4.74 Å². The van der Waals surface area contributed by atoms with Gasteiger partial charge in [-0.05, 0) is 55.7 Å². The summed E-state index contributed by atoms with van der Waals surface area (Å²) in [7, 11) is 1.60. The highest BCUT2D eigenvalue weighted by Crippen LogP contribution is 2.28. The highest BCUT2D eigenvalue weighted by molar-refractivity contribution is 5.89. The fraction of sp³-hybridized carbons (Fsp3) is 0.526. The van der Waals surface area contributed by atoms with E-state index in [9.17, 15) is 9.90 Å². The van der Waals surface area contributed by atoms with Gasteiger partial charge in [-0.2, -0.15) is 0 Å².